The van der Waals surface area contributed by atoms with E-state index in [1.165, 1.54) is 7.11 Å². The summed E-state index contributed by atoms with van der Waals surface area (Å²) in [6.45, 7) is 2.39. The number of urea groups is 1. The van der Waals surface area contributed by atoms with Crippen LogP contribution in [-0.2, 0) is 19.0 Å². The predicted octanol–water partition coefficient (Wildman–Crippen LogP) is -0.00360. The van der Waals surface area contributed by atoms with Crippen LogP contribution in [0.15, 0.2) is 0 Å². The van der Waals surface area contributed by atoms with E-state index in [1.807, 2.05) is 0 Å². The molecule has 0 aromatic carbocycles. The summed E-state index contributed by atoms with van der Waals surface area (Å²) in [6, 6.07) is -0.146. The topological polar surface area (TPSA) is 77.1 Å². The average molecular weight is 274 g/mol. The summed E-state index contributed by atoms with van der Waals surface area (Å²) in [4.78, 5) is 24.7. The minimum atomic E-state index is -0.334. The quantitative estimate of drug-likeness (QED) is 0.661. The van der Waals surface area contributed by atoms with Gasteiger partial charge in [0.05, 0.1) is 32.8 Å². The molecule has 1 N–H and O–H groups in total. The van der Waals surface area contributed by atoms with Crippen molar-refractivity contribution >= 4 is 12.0 Å². The fraction of sp³-hybridized carbons (Fsp3) is 0.833. The Kier molecular flexibility index (Phi) is 7.20. The number of methoxy groups -OCH3 is 2. The van der Waals surface area contributed by atoms with Crippen LogP contribution >= 0.6 is 0 Å². The van der Waals surface area contributed by atoms with Gasteiger partial charge in [0.15, 0.2) is 0 Å². The lowest BCUT2D eigenvalue weighted by molar-refractivity contribution is -0.140. The van der Waals surface area contributed by atoms with Crippen LogP contribution in [0.1, 0.15) is 12.8 Å². The molecule has 0 radical (unpaired) electrons. The lowest BCUT2D eigenvalue weighted by atomic mass is 10.3. The summed E-state index contributed by atoms with van der Waals surface area (Å²) >= 11 is 0. The van der Waals surface area contributed by atoms with Gasteiger partial charge in [0, 0.05) is 26.8 Å². The molecule has 0 spiro atoms. The van der Waals surface area contributed by atoms with Gasteiger partial charge >= 0.3 is 12.0 Å². The zero-order valence-corrected chi connectivity index (χ0v) is 11.5. The van der Waals surface area contributed by atoms with Crippen molar-refractivity contribution in [3.05, 3.63) is 0 Å². The Morgan fingerprint density at radius 1 is 1.37 bits per heavy atom. The third-order valence-corrected chi connectivity index (χ3v) is 2.92. The van der Waals surface area contributed by atoms with Crippen molar-refractivity contribution < 1.29 is 23.8 Å². The summed E-state index contributed by atoms with van der Waals surface area (Å²) in [7, 11) is 2.90. The molecular formula is C12H22N2O5. The van der Waals surface area contributed by atoms with Gasteiger partial charge in [0.1, 0.15) is 0 Å². The molecule has 1 heterocycles. The summed E-state index contributed by atoms with van der Waals surface area (Å²) in [5, 5.41) is 2.88. The van der Waals surface area contributed by atoms with Gasteiger partial charge in [-0.05, 0) is 6.42 Å². The maximum atomic E-state index is 12.1. The zero-order chi connectivity index (χ0) is 14.1. The smallest absolute Gasteiger partial charge is 0.317 e. The monoisotopic (exact) mass is 274 g/mol. The van der Waals surface area contributed by atoms with E-state index < -0.39 is 0 Å². The molecular weight excluding hydrogens is 252 g/mol. The maximum Gasteiger partial charge on any atom is 0.317 e. The molecule has 0 aromatic heterocycles. The van der Waals surface area contributed by atoms with Crippen LogP contribution in [-0.4, -0.2) is 70.1 Å². The number of hydrogen-bond donors (Lipinski definition) is 1. The highest BCUT2D eigenvalue weighted by molar-refractivity contribution is 5.76. The highest BCUT2D eigenvalue weighted by Crippen LogP contribution is 2.04. The Hall–Kier alpha value is -1.34. The van der Waals surface area contributed by atoms with E-state index in [1.54, 1.807) is 12.0 Å². The van der Waals surface area contributed by atoms with Gasteiger partial charge in [-0.25, -0.2) is 4.79 Å². The number of esters is 1. The Labute approximate surface area is 113 Å². The van der Waals surface area contributed by atoms with Gasteiger partial charge in [-0.15, -0.1) is 0 Å². The molecule has 7 heteroatoms. The molecule has 1 saturated heterocycles. The Balaban J connectivity index is 2.40. The second kappa shape index (κ2) is 8.71. The Morgan fingerprint density at radius 3 is 2.74 bits per heavy atom. The molecule has 0 saturated carbocycles. The van der Waals surface area contributed by atoms with Crippen molar-refractivity contribution in [3.8, 4) is 0 Å². The molecule has 1 fully saturated rings. The van der Waals surface area contributed by atoms with Crippen molar-refractivity contribution in [2.75, 3.05) is 47.1 Å². The van der Waals surface area contributed by atoms with E-state index in [2.05, 4.69) is 10.1 Å². The third-order valence-electron chi connectivity index (χ3n) is 2.92. The van der Waals surface area contributed by atoms with Gasteiger partial charge in [-0.2, -0.15) is 0 Å². The van der Waals surface area contributed by atoms with Gasteiger partial charge in [0.25, 0.3) is 0 Å². The van der Waals surface area contributed by atoms with Crippen LogP contribution in [0.25, 0.3) is 0 Å². The zero-order valence-electron chi connectivity index (χ0n) is 11.5. The highest BCUT2D eigenvalue weighted by atomic mass is 16.5. The first-order chi connectivity index (χ1) is 9.17. The van der Waals surface area contributed by atoms with E-state index >= 15 is 0 Å². The minimum Gasteiger partial charge on any atom is -0.469 e. The van der Waals surface area contributed by atoms with Gasteiger partial charge in [0.2, 0.25) is 0 Å². The van der Waals surface area contributed by atoms with Crippen LogP contribution in [0.4, 0.5) is 4.79 Å². The number of carbonyl (C=O) groups excluding carboxylic acids is 2. The second-order valence-corrected chi connectivity index (χ2v) is 4.32. The van der Waals surface area contributed by atoms with E-state index in [-0.39, 0.29) is 24.5 Å². The van der Waals surface area contributed by atoms with Crippen molar-refractivity contribution in [3.63, 3.8) is 0 Å². The van der Waals surface area contributed by atoms with Crippen LogP contribution in [0.3, 0.4) is 0 Å². The maximum absolute atomic E-state index is 12.1. The number of rotatable bonds is 7. The fourth-order valence-electron chi connectivity index (χ4n) is 1.76. The SMILES string of the molecule is COCCN(CCC(=O)OC)C(=O)NC1CCOC1. The van der Waals surface area contributed by atoms with Crippen LogP contribution in [0.2, 0.25) is 0 Å². The Morgan fingerprint density at radius 2 is 2.16 bits per heavy atom. The van der Waals surface area contributed by atoms with E-state index in [4.69, 9.17) is 9.47 Å². The summed E-state index contributed by atoms with van der Waals surface area (Å²) in [5.41, 5.74) is 0. The van der Waals surface area contributed by atoms with Gasteiger partial charge < -0.3 is 24.4 Å². The molecule has 0 bridgehead atoms. The molecule has 1 unspecified atom stereocenters. The summed E-state index contributed by atoms with van der Waals surface area (Å²) in [5.74, 6) is -0.334. The third kappa shape index (κ3) is 5.89. The Bertz CT molecular complexity index is 292. The number of nitrogens with one attached hydrogen (secondary N) is 1. The molecule has 110 valence electrons. The number of nitrogens with zero attached hydrogens (tertiary/aromatic N) is 1. The molecule has 19 heavy (non-hydrogen) atoms. The molecule has 1 rings (SSSR count). The normalized spacial score (nSPS) is 18.1. The predicted molar refractivity (Wildman–Crippen MR) is 67.8 cm³/mol. The minimum absolute atomic E-state index is 0.0515. The largest absolute Gasteiger partial charge is 0.469 e. The fourth-order valence-corrected chi connectivity index (χ4v) is 1.76. The van der Waals surface area contributed by atoms with Crippen LogP contribution in [0.5, 0.6) is 0 Å². The van der Waals surface area contributed by atoms with Crippen molar-refractivity contribution in [1.82, 2.24) is 10.2 Å². The van der Waals surface area contributed by atoms with Crippen molar-refractivity contribution in [2.24, 2.45) is 0 Å². The second-order valence-electron chi connectivity index (χ2n) is 4.32. The van der Waals surface area contributed by atoms with Gasteiger partial charge in [-0.3, -0.25) is 4.79 Å². The number of hydrogen-bond acceptors (Lipinski definition) is 5. The number of carbonyl (C=O) groups is 2. The van der Waals surface area contributed by atoms with E-state index in [9.17, 15) is 9.59 Å². The average Bonchev–Trinajstić information content (AvgIpc) is 2.91. The molecule has 7 nitrogen and oxygen atoms in total. The first-order valence-electron chi connectivity index (χ1n) is 6.36. The van der Waals surface area contributed by atoms with E-state index in [0.717, 1.165) is 6.42 Å². The molecule has 2 amide bonds. The summed E-state index contributed by atoms with van der Waals surface area (Å²) in [6.07, 6.45) is 0.996. The first kappa shape index (κ1) is 15.7. The van der Waals surface area contributed by atoms with Crippen LogP contribution < -0.4 is 5.32 Å². The molecule has 1 aliphatic heterocycles. The summed E-state index contributed by atoms with van der Waals surface area (Å²) < 4.78 is 14.7. The van der Waals surface area contributed by atoms with Crippen molar-refractivity contribution in [2.45, 2.75) is 18.9 Å². The molecule has 0 aliphatic carbocycles. The molecule has 1 atom stereocenters. The highest BCUT2D eigenvalue weighted by Gasteiger charge is 2.21. The lowest BCUT2D eigenvalue weighted by Gasteiger charge is -2.24. The van der Waals surface area contributed by atoms with E-state index in [0.29, 0.717) is 32.9 Å². The number of amides is 2. The molecule has 1 aliphatic rings. The first-order valence-corrected chi connectivity index (χ1v) is 6.36. The standard InChI is InChI=1S/C12H22N2O5/c1-17-8-6-14(5-3-11(15)18-2)12(16)13-10-4-7-19-9-10/h10H,3-9H2,1-2H3,(H,13,16). The lowest BCUT2D eigenvalue weighted by Crippen LogP contribution is -2.47. The number of ether oxygens (including phenoxy) is 3. The van der Waals surface area contributed by atoms with Crippen LogP contribution in [0, 0.1) is 0 Å². The van der Waals surface area contributed by atoms with Gasteiger partial charge in [-0.1, -0.05) is 0 Å². The molecule has 0 aromatic rings. The van der Waals surface area contributed by atoms with Crippen molar-refractivity contribution in [1.29, 1.82) is 0 Å².